The molecule has 1 amide bonds. The van der Waals surface area contributed by atoms with E-state index in [1.807, 2.05) is 0 Å². The molecule has 0 aromatic carbocycles. The first-order valence-electron chi connectivity index (χ1n) is 4.69. The number of carboxylic acids is 1. The molecule has 0 radical (unpaired) electrons. The zero-order valence-corrected chi connectivity index (χ0v) is 8.30. The first kappa shape index (κ1) is 9.70. The normalized spacial score (nSPS) is 14.9. The summed E-state index contributed by atoms with van der Waals surface area (Å²) >= 11 is 0. The number of aromatic carboxylic acids is 1. The van der Waals surface area contributed by atoms with Crippen molar-refractivity contribution in [1.82, 2.24) is 9.78 Å². The van der Waals surface area contributed by atoms with E-state index in [2.05, 4.69) is 5.10 Å². The van der Waals surface area contributed by atoms with Crippen LogP contribution >= 0.6 is 0 Å². The van der Waals surface area contributed by atoms with E-state index < -0.39 is 5.97 Å². The summed E-state index contributed by atoms with van der Waals surface area (Å²) in [6.07, 6.45) is 0.799. The van der Waals surface area contributed by atoms with Crippen LogP contribution in [0.2, 0.25) is 0 Å². The fourth-order valence-electron chi connectivity index (χ4n) is 1.71. The molecular weight excluding hydrogens is 198 g/mol. The van der Waals surface area contributed by atoms with Gasteiger partial charge in [0.2, 0.25) is 5.91 Å². The topological polar surface area (TPSA) is 75.4 Å². The van der Waals surface area contributed by atoms with Crippen molar-refractivity contribution in [2.45, 2.75) is 19.9 Å². The highest BCUT2D eigenvalue weighted by Gasteiger charge is 2.23. The molecule has 6 nitrogen and oxygen atoms in total. The number of carbonyl (C=O) groups is 2. The maximum Gasteiger partial charge on any atom is 0.356 e. The lowest BCUT2D eigenvalue weighted by atomic mass is 10.3. The Morgan fingerprint density at radius 2 is 2.20 bits per heavy atom. The van der Waals surface area contributed by atoms with Crippen LogP contribution in [0.4, 0.5) is 5.82 Å². The third-order valence-corrected chi connectivity index (χ3v) is 2.39. The van der Waals surface area contributed by atoms with Gasteiger partial charge in [-0.05, 0) is 6.42 Å². The molecule has 0 bridgehead atoms. The number of carbonyl (C=O) groups excluding carboxylic acids is 1. The standard InChI is InChI=1S/C9H11N3O3/c1-6(13)11-3-2-4-12-8(11)5-7(10-12)9(14)15/h5H,2-4H2,1H3,(H,14,15). The molecule has 0 unspecified atom stereocenters. The molecule has 0 saturated heterocycles. The fraction of sp³-hybridized carbons (Fsp3) is 0.444. The van der Waals surface area contributed by atoms with Gasteiger partial charge in [0.15, 0.2) is 5.69 Å². The van der Waals surface area contributed by atoms with Crippen LogP contribution in [-0.4, -0.2) is 33.3 Å². The molecule has 0 aliphatic carbocycles. The molecule has 1 aromatic rings. The quantitative estimate of drug-likeness (QED) is 0.723. The van der Waals surface area contributed by atoms with E-state index in [4.69, 9.17) is 5.11 Å². The first-order chi connectivity index (χ1) is 7.09. The Labute approximate surface area is 86.1 Å². The second-order valence-corrected chi connectivity index (χ2v) is 3.44. The van der Waals surface area contributed by atoms with E-state index in [0.717, 1.165) is 6.42 Å². The fourth-order valence-corrected chi connectivity index (χ4v) is 1.71. The Morgan fingerprint density at radius 1 is 1.47 bits per heavy atom. The number of amides is 1. The van der Waals surface area contributed by atoms with Gasteiger partial charge in [-0.2, -0.15) is 5.10 Å². The molecule has 1 aliphatic rings. The van der Waals surface area contributed by atoms with Crippen molar-refractivity contribution in [3.05, 3.63) is 11.8 Å². The predicted octanol–water partition coefficient (Wildman–Crippen LogP) is 0.338. The van der Waals surface area contributed by atoms with Gasteiger partial charge in [-0.3, -0.25) is 9.69 Å². The summed E-state index contributed by atoms with van der Waals surface area (Å²) in [5.74, 6) is -0.584. The summed E-state index contributed by atoms with van der Waals surface area (Å²) in [5.41, 5.74) is -0.0156. The van der Waals surface area contributed by atoms with Crippen molar-refractivity contribution in [2.75, 3.05) is 11.4 Å². The third-order valence-electron chi connectivity index (χ3n) is 2.39. The second kappa shape index (κ2) is 3.38. The predicted molar refractivity (Wildman–Crippen MR) is 51.8 cm³/mol. The molecule has 6 heteroatoms. The van der Waals surface area contributed by atoms with E-state index in [1.54, 1.807) is 9.58 Å². The van der Waals surface area contributed by atoms with E-state index in [1.165, 1.54) is 13.0 Å². The molecule has 1 aliphatic heterocycles. The van der Waals surface area contributed by atoms with Crippen molar-refractivity contribution in [1.29, 1.82) is 0 Å². The molecule has 80 valence electrons. The smallest absolute Gasteiger partial charge is 0.356 e. The number of aryl methyl sites for hydroxylation is 1. The minimum Gasteiger partial charge on any atom is -0.476 e. The maximum absolute atomic E-state index is 11.3. The monoisotopic (exact) mass is 209 g/mol. The van der Waals surface area contributed by atoms with Gasteiger partial charge >= 0.3 is 5.97 Å². The van der Waals surface area contributed by atoms with E-state index in [-0.39, 0.29) is 11.6 Å². The first-order valence-corrected chi connectivity index (χ1v) is 4.69. The molecule has 0 atom stereocenters. The molecule has 1 aromatic heterocycles. The Balaban J connectivity index is 2.43. The largest absolute Gasteiger partial charge is 0.476 e. The number of rotatable bonds is 1. The summed E-state index contributed by atoms with van der Waals surface area (Å²) in [4.78, 5) is 23.5. The van der Waals surface area contributed by atoms with Crippen molar-refractivity contribution < 1.29 is 14.7 Å². The molecule has 1 N–H and O–H groups in total. The molecule has 15 heavy (non-hydrogen) atoms. The summed E-state index contributed by atoms with van der Waals surface area (Å²) < 4.78 is 1.56. The lowest BCUT2D eigenvalue weighted by Gasteiger charge is -2.26. The van der Waals surface area contributed by atoms with Crippen LogP contribution in [0.15, 0.2) is 6.07 Å². The van der Waals surface area contributed by atoms with Gasteiger partial charge in [0.25, 0.3) is 0 Å². The highest BCUT2D eigenvalue weighted by molar-refractivity contribution is 5.93. The maximum atomic E-state index is 11.3. The van der Waals surface area contributed by atoms with E-state index >= 15 is 0 Å². The number of hydrogen-bond donors (Lipinski definition) is 1. The van der Waals surface area contributed by atoms with Gasteiger partial charge in [0.1, 0.15) is 5.82 Å². The SMILES string of the molecule is CC(=O)N1CCCn2nc(C(=O)O)cc21. The summed E-state index contributed by atoms with van der Waals surface area (Å²) in [5, 5.41) is 12.7. The molecule has 0 saturated carbocycles. The van der Waals surface area contributed by atoms with Gasteiger partial charge in [-0.15, -0.1) is 0 Å². The number of aromatic nitrogens is 2. The molecule has 0 spiro atoms. The number of carboxylic acid groups (broad SMARTS) is 1. The lowest BCUT2D eigenvalue weighted by molar-refractivity contribution is -0.116. The molecular formula is C9H11N3O3. The number of nitrogens with zero attached hydrogens (tertiary/aromatic N) is 3. The van der Waals surface area contributed by atoms with Gasteiger partial charge < -0.3 is 5.11 Å². The van der Waals surface area contributed by atoms with Crippen LogP contribution in [0.25, 0.3) is 0 Å². The number of anilines is 1. The summed E-state index contributed by atoms with van der Waals surface area (Å²) in [6.45, 7) is 2.75. The van der Waals surface area contributed by atoms with Crippen LogP contribution in [0.5, 0.6) is 0 Å². The summed E-state index contributed by atoms with van der Waals surface area (Å²) in [6, 6.07) is 1.43. The van der Waals surface area contributed by atoms with Gasteiger partial charge in [-0.25, -0.2) is 9.48 Å². The highest BCUT2D eigenvalue weighted by Crippen LogP contribution is 2.21. The van der Waals surface area contributed by atoms with Crippen LogP contribution in [0.1, 0.15) is 23.8 Å². The number of hydrogen-bond acceptors (Lipinski definition) is 3. The Bertz CT molecular complexity index is 424. The average Bonchev–Trinajstić information content (AvgIpc) is 2.60. The van der Waals surface area contributed by atoms with Crippen molar-refractivity contribution in [3.8, 4) is 0 Å². The van der Waals surface area contributed by atoms with Gasteiger partial charge in [-0.1, -0.05) is 0 Å². The molecule has 2 heterocycles. The van der Waals surface area contributed by atoms with Crippen LogP contribution in [0, 0.1) is 0 Å². The lowest BCUT2D eigenvalue weighted by Crippen LogP contribution is -2.35. The van der Waals surface area contributed by atoms with Crippen LogP contribution in [-0.2, 0) is 11.3 Å². The Morgan fingerprint density at radius 3 is 2.80 bits per heavy atom. The zero-order chi connectivity index (χ0) is 11.0. The van der Waals surface area contributed by atoms with Crippen molar-refractivity contribution >= 4 is 17.7 Å². The summed E-state index contributed by atoms with van der Waals surface area (Å²) in [7, 11) is 0. The molecule has 2 rings (SSSR count). The van der Waals surface area contributed by atoms with E-state index in [9.17, 15) is 9.59 Å². The zero-order valence-electron chi connectivity index (χ0n) is 8.30. The van der Waals surface area contributed by atoms with Gasteiger partial charge in [0, 0.05) is 26.1 Å². The van der Waals surface area contributed by atoms with Gasteiger partial charge in [0.05, 0.1) is 0 Å². The van der Waals surface area contributed by atoms with Crippen LogP contribution < -0.4 is 4.90 Å². The Kier molecular flexibility index (Phi) is 2.18. The van der Waals surface area contributed by atoms with E-state index in [0.29, 0.717) is 18.9 Å². The minimum atomic E-state index is -1.07. The third kappa shape index (κ3) is 1.58. The van der Waals surface area contributed by atoms with Crippen molar-refractivity contribution in [2.24, 2.45) is 0 Å². The van der Waals surface area contributed by atoms with Crippen LogP contribution in [0.3, 0.4) is 0 Å². The minimum absolute atomic E-state index is 0.0156. The Hall–Kier alpha value is -1.85. The highest BCUT2D eigenvalue weighted by atomic mass is 16.4. The number of fused-ring (bicyclic) bond motifs is 1. The second-order valence-electron chi connectivity index (χ2n) is 3.44. The molecule has 0 fully saturated rings. The average molecular weight is 209 g/mol. The van der Waals surface area contributed by atoms with Crippen molar-refractivity contribution in [3.63, 3.8) is 0 Å².